The molecule has 1 aliphatic rings. The third-order valence-corrected chi connectivity index (χ3v) is 9.61. The zero-order valence-electron chi connectivity index (χ0n) is 31.4. The summed E-state index contributed by atoms with van der Waals surface area (Å²) in [4.78, 5) is 43.9. The Morgan fingerprint density at radius 3 is 2.36 bits per heavy atom. The number of ether oxygens (including phenoxy) is 2. The van der Waals surface area contributed by atoms with Crippen LogP contribution in [-0.4, -0.2) is 84.5 Å². The first-order valence-corrected chi connectivity index (χ1v) is 18.3. The van der Waals surface area contributed by atoms with E-state index in [9.17, 15) is 32.7 Å². The first-order valence-electron chi connectivity index (χ1n) is 18.3. The summed E-state index contributed by atoms with van der Waals surface area (Å²) >= 11 is 0. The number of urea groups is 2. The molecule has 5 amide bonds. The minimum absolute atomic E-state index is 0.141. The molecule has 4 atom stereocenters. The summed E-state index contributed by atoms with van der Waals surface area (Å²) in [6.07, 6.45) is -3.08. The highest BCUT2D eigenvalue weighted by Crippen LogP contribution is 2.31. The van der Waals surface area contributed by atoms with Crippen LogP contribution in [0.15, 0.2) is 84.9 Å². The SMILES string of the molecule is C[C@@H]1CCCCO[C@H](CN(C)C(=O)Nc2cccc3ccccc23)[C@H](C)CN([C@@H](C)CO)C(=O)c2cc(NC(=O)Nc3ccc(C(F)(F)F)cc3)ccc2O1. The van der Waals surface area contributed by atoms with Gasteiger partial charge in [0.15, 0.2) is 0 Å². The topological polar surface area (TPSA) is 132 Å². The number of carbonyl (C=O) groups is 3. The van der Waals surface area contributed by atoms with Gasteiger partial charge in [0.25, 0.3) is 5.91 Å². The van der Waals surface area contributed by atoms with E-state index in [0.29, 0.717) is 24.5 Å². The average molecular weight is 764 g/mol. The van der Waals surface area contributed by atoms with Crippen molar-refractivity contribution < 1.29 is 42.1 Å². The Balaban J connectivity index is 1.35. The number of hydrogen-bond donors (Lipinski definition) is 4. The van der Waals surface area contributed by atoms with Crippen LogP contribution in [0, 0.1) is 5.92 Å². The van der Waals surface area contributed by atoms with Crippen LogP contribution in [0.2, 0.25) is 0 Å². The largest absolute Gasteiger partial charge is 0.490 e. The molecule has 0 aliphatic carbocycles. The molecule has 4 N–H and O–H groups in total. The normalized spacial score (nSPS) is 19.0. The highest BCUT2D eigenvalue weighted by atomic mass is 19.4. The maximum atomic E-state index is 14.4. The molecule has 0 fully saturated rings. The number of alkyl halides is 3. The smallest absolute Gasteiger partial charge is 0.416 e. The average Bonchev–Trinajstić information content (AvgIpc) is 3.15. The molecule has 5 rings (SSSR count). The van der Waals surface area contributed by atoms with Gasteiger partial charge in [-0.25, -0.2) is 9.59 Å². The van der Waals surface area contributed by atoms with Gasteiger partial charge in [-0.3, -0.25) is 4.79 Å². The van der Waals surface area contributed by atoms with Crippen molar-refractivity contribution in [3.8, 4) is 5.75 Å². The summed E-state index contributed by atoms with van der Waals surface area (Å²) in [5, 5.41) is 20.4. The van der Waals surface area contributed by atoms with Crippen molar-refractivity contribution in [2.45, 2.75) is 64.5 Å². The van der Waals surface area contributed by atoms with Crippen molar-refractivity contribution in [3.63, 3.8) is 0 Å². The molecule has 4 aromatic rings. The molecule has 11 nitrogen and oxygen atoms in total. The van der Waals surface area contributed by atoms with Gasteiger partial charge in [0.2, 0.25) is 0 Å². The second kappa shape index (κ2) is 18.3. The second-order valence-corrected chi connectivity index (χ2v) is 14.0. The Labute approximate surface area is 318 Å². The van der Waals surface area contributed by atoms with Crippen molar-refractivity contribution in [2.24, 2.45) is 5.92 Å². The lowest BCUT2D eigenvalue weighted by molar-refractivity contribution is -0.137. The van der Waals surface area contributed by atoms with Crippen LogP contribution in [-0.2, 0) is 10.9 Å². The Morgan fingerprint density at radius 2 is 1.64 bits per heavy atom. The van der Waals surface area contributed by atoms with Crippen LogP contribution in [0.3, 0.4) is 0 Å². The van der Waals surface area contributed by atoms with E-state index in [1.807, 2.05) is 56.3 Å². The number of nitrogens with one attached hydrogen (secondary N) is 3. The van der Waals surface area contributed by atoms with Gasteiger partial charge in [0.1, 0.15) is 5.75 Å². The molecule has 0 unspecified atom stereocenters. The Bertz CT molecular complexity index is 1940. The van der Waals surface area contributed by atoms with Crippen LogP contribution >= 0.6 is 0 Å². The molecule has 0 spiro atoms. The van der Waals surface area contributed by atoms with Gasteiger partial charge in [-0.05, 0) is 87.0 Å². The van der Waals surface area contributed by atoms with E-state index in [-0.39, 0.29) is 54.7 Å². The number of aliphatic hydroxyl groups excluding tert-OH is 1. The zero-order chi connectivity index (χ0) is 39.7. The summed E-state index contributed by atoms with van der Waals surface area (Å²) in [7, 11) is 1.69. The number of halogens is 3. The maximum Gasteiger partial charge on any atom is 0.416 e. The lowest BCUT2D eigenvalue weighted by atomic mass is 10.0. The number of nitrogens with zero attached hydrogens (tertiary/aromatic N) is 2. The number of rotatable bonds is 7. The molecular weight excluding hydrogens is 715 g/mol. The standard InChI is InChI=1S/C41H48F3N5O6/c1-26-23-49(27(2)25-50)38(51)34-22-32(46-39(52)45-31-17-15-30(16-18-31)41(42,43)44)19-20-36(34)55-28(3)10-7-8-21-54-37(26)24-48(4)40(53)47-35-14-9-12-29-11-5-6-13-33(29)35/h5-6,9,11-20,22,26-28,37,50H,7-8,10,21,23-25H2,1-4H3,(H,47,53)(H2,45,46,52)/t26-,27+,28-,37-/m1/s1. The molecule has 0 aromatic heterocycles. The van der Waals surface area contributed by atoms with Gasteiger partial charge in [-0.1, -0.05) is 43.3 Å². The summed E-state index contributed by atoms with van der Waals surface area (Å²) < 4.78 is 51.6. The van der Waals surface area contributed by atoms with Crippen molar-refractivity contribution in [3.05, 3.63) is 96.1 Å². The van der Waals surface area contributed by atoms with Crippen LogP contribution in [0.25, 0.3) is 10.8 Å². The van der Waals surface area contributed by atoms with Crippen molar-refractivity contribution >= 4 is 45.8 Å². The number of amides is 5. The van der Waals surface area contributed by atoms with E-state index in [2.05, 4.69) is 16.0 Å². The molecule has 0 bridgehead atoms. The quantitative estimate of drug-likeness (QED) is 0.149. The van der Waals surface area contributed by atoms with Crippen LogP contribution in [0.5, 0.6) is 5.75 Å². The summed E-state index contributed by atoms with van der Waals surface area (Å²) in [5.74, 6) is -0.461. The molecule has 1 aliphatic heterocycles. The van der Waals surface area contributed by atoms with E-state index >= 15 is 0 Å². The zero-order valence-corrected chi connectivity index (χ0v) is 31.4. The number of carbonyl (C=O) groups excluding carboxylic acids is 3. The molecule has 55 heavy (non-hydrogen) atoms. The fraction of sp³-hybridized carbons (Fsp3) is 0.390. The van der Waals surface area contributed by atoms with E-state index in [0.717, 1.165) is 47.9 Å². The highest BCUT2D eigenvalue weighted by Gasteiger charge is 2.32. The van der Waals surface area contributed by atoms with Gasteiger partial charge in [-0.2, -0.15) is 13.2 Å². The van der Waals surface area contributed by atoms with E-state index in [1.165, 1.54) is 11.0 Å². The molecule has 0 radical (unpaired) electrons. The first-order chi connectivity index (χ1) is 26.2. The van der Waals surface area contributed by atoms with E-state index in [4.69, 9.17) is 9.47 Å². The molecule has 294 valence electrons. The lowest BCUT2D eigenvalue weighted by Gasteiger charge is -2.35. The maximum absolute atomic E-state index is 14.4. The van der Waals surface area contributed by atoms with Gasteiger partial charge in [0.05, 0.1) is 41.7 Å². The fourth-order valence-corrected chi connectivity index (χ4v) is 6.40. The minimum Gasteiger partial charge on any atom is -0.490 e. The number of fused-ring (bicyclic) bond motifs is 2. The minimum atomic E-state index is -4.51. The molecule has 0 saturated heterocycles. The number of hydrogen-bond acceptors (Lipinski definition) is 6. The van der Waals surface area contributed by atoms with E-state index in [1.54, 1.807) is 31.0 Å². The number of benzene rings is 4. The number of anilines is 3. The Morgan fingerprint density at radius 1 is 0.945 bits per heavy atom. The molecule has 14 heteroatoms. The first kappa shape index (κ1) is 40.8. The summed E-state index contributed by atoms with van der Waals surface area (Å²) in [6.45, 7) is 6.03. The third-order valence-electron chi connectivity index (χ3n) is 9.61. The molecule has 0 saturated carbocycles. The van der Waals surface area contributed by atoms with Crippen LogP contribution in [0.4, 0.5) is 39.8 Å². The van der Waals surface area contributed by atoms with Crippen molar-refractivity contribution in [1.29, 1.82) is 0 Å². The monoisotopic (exact) mass is 763 g/mol. The second-order valence-electron chi connectivity index (χ2n) is 14.0. The van der Waals surface area contributed by atoms with Crippen LogP contribution in [0.1, 0.15) is 56.0 Å². The number of aliphatic hydroxyl groups is 1. The van der Waals surface area contributed by atoms with Crippen molar-refractivity contribution in [2.75, 3.05) is 49.3 Å². The van der Waals surface area contributed by atoms with Crippen molar-refractivity contribution in [1.82, 2.24) is 9.80 Å². The predicted octanol–water partition coefficient (Wildman–Crippen LogP) is 8.46. The summed E-state index contributed by atoms with van der Waals surface area (Å²) in [5.41, 5.74) is 0.360. The molecular formula is C41H48F3N5O6. The number of likely N-dealkylation sites (N-methyl/N-ethyl adjacent to an activating group) is 1. The highest BCUT2D eigenvalue weighted by molar-refractivity contribution is 6.03. The lowest BCUT2D eigenvalue weighted by Crippen LogP contribution is -2.48. The van der Waals surface area contributed by atoms with Gasteiger partial charge < -0.3 is 40.3 Å². The van der Waals surface area contributed by atoms with E-state index < -0.39 is 35.8 Å². The fourth-order valence-electron chi connectivity index (χ4n) is 6.40. The van der Waals surface area contributed by atoms with Gasteiger partial charge >= 0.3 is 18.2 Å². The molecule has 1 heterocycles. The molecule has 4 aromatic carbocycles. The van der Waals surface area contributed by atoms with Gasteiger partial charge in [0, 0.05) is 49.4 Å². The Kier molecular flexibility index (Phi) is 13.6. The summed E-state index contributed by atoms with van der Waals surface area (Å²) in [6, 6.07) is 20.5. The third kappa shape index (κ3) is 10.9. The van der Waals surface area contributed by atoms with Gasteiger partial charge in [-0.15, -0.1) is 0 Å². The predicted molar refractivity (Wildman–Crippen MR) is 207 cm³/mol. The Hall–Kier alpha value is -5.34. The van der Waals surface area contributed by atoms with Crippen LogP contribution < -0.4 is 20.7 Å².